The number of rotatable bonds is 2. The van der Waals surface area contributed by atoms with Gasteiger partial charge in [-0.15, -0.1) is 10.2 Å². The van der Waals surface area contributed by atoms with Crippen molar-refractivity contribution in [2.45, 2.75) is 12.4 Å². The highest BCUT2D eigenvalue weighted by Crippen LogP contribution is 2.30. The van der Waals surface area contributed by atoms with Crippen LogP contribution in [0.5, 0.6) is 0 Å². The summed E-state index contributed by atoms with van der Waals surface area (Å²) in [5.41, 5.74) is -2.12. The van der Waals surface area contributed by atoms with Crippen molar-refractivity contribution in [3.63, 3.8) is 0 Å². The van der Waals surface area contributed by atoms with E-state index in [0.29, 0.717) is 0 Å². The van der Waals surface area contributed by atoms with Crippen LogP contribution in [0.15, 0.2) is 46.9 Å². The lowest BCUT2D eigenvalue weighted by atomic mass is 10.3. The average Bonchev–Trinajstić information content (AvgIpc) is 2.44. The fraction of sp³-hybridized carbons (Fsp3) is 0.167. The number of hydrogen-bond donors (Lipinski definition) is 0. The second kappa shape index (κ2) is 5.70. The number of aromatic nitrogens is 2. The molecule has 0 radical (unpaired) electrons. The largest absolute Gasteiger partial charge is 0.433 e. The summed E-state index contributed by atoms with van der Waals surface area (Å²) >= 11 is 0. The molecule has 2 heterocycles. The molecular formula is C12H6F6N4. The quantitative estimate of drug-likeness (QED) is 0.582. The van der Waals surface area contributed by atoms with E-state index in [0.717, 1.165) is 36.7 Å². The van der Waals surface area contributed by atoms with Gasteiger partial charge in [-0.3, -0.25) is 0 Å². The second-order valence-electron chi connectivity index (χ2n) is 4.00. The van der Waals surface area contributed by atoms with E-state index in [-0.39, 0.29) is 11.4 Å². The molecule has 4 nitrogen and oxygen atoms in total. The molecule has 2 aromatic rings. The highest BCUT2D eigenvalue weighted by atomic mass is 19.4. The van der Waals surface area contributed by atoms with Crippen molar-refractivity contribution in [3.05, 3.63) is 48.0 Å². The molecule has 0 aliphatic heterocycles. The number of alkyl halides is 6. The predicted molar refractivity (Wildman–Crippen MR) is 62.7 cm³/mol. The van der Waals surface area contributed by atoms with Gasteiger partial charge in [0.15, 0.2) is 0 Å². The molecule has 2 rings (SSSR count). The maximum atomic E-state index is 12.3. The highest BCUT2D eigenvalue weighted by molar-refractivity contribution is 5.38. The third kappa shape index (κ3) is 3.99. The number of hydrogen-bond acceptors (Lipinski definition) is 4. The first-order valence-corrected chi connectivity index (χ1v) is 5.64. The average molecular weight is 320 g/mol. The van der Waals surface area contributed by atoms with E-state index in [1.165, 1.54) is 0 Å². The third-order valence-corrected chi connectivity index (χ3v) is 2.36. The van der Waals surface area contributed by atoms with Crippen LogP contribution in [0.2, 0.25) is 0 Å². The summed E-state index contributed by atoms with van der Waals surface area (Å²) in [7, 11) is 0. The molecular weight excluding hydrogens is 314 g/mol. The first-order chi connectivity index (χ1) is 10.2. The zero-order chi connectivity index (χ0) is 16.4. The van der Waals surface area contributed by atoms with Crippen LogP contribution in [0.4, 0.5) is 37.7 Å². The van der Waals surface area contributed by atoms with Gasteiger partial charge >= 0.3 is 12.4 Å². The van der Waals surface area contributed by atoms with Crippen molar-refractivity contribution < 1.29 is 26.3 Å². The van der Waals surface area contributed by atoms with E-state index in [1.807, 2.05) is 0 Å². The van der Waals surface area contributed by atoms with Crippen molar-refractivity contribution in [2.75, 3.05) is 0 Å². The zero-order valence-electron chi connectivity index (χ0n) is 10.5. The van der Waals surface area contributed by atoms with Crippen molar-refractivity contribution in [2.24, 2.45) is 10.2 Å². The Kier molecular flexibility index (Phi) is 4.11. The van der Waals surface area contributed by atoms with Crippen LogP contribution in [0.25, 0.3) is 0 Å². The molecule has 0 unspecified atom stereocenters. The van der Waals surface area contributed by atoms with Gasteiger partial charge in [-0.05, 0) is 24.3 Å². The van der Waals surface area contributed by atoms with Gasteiger partial charge in [-0.25, -0.2) is 9.97 Å². The summed E-state index contributed by atoms with van der Waals surface area (Å²) in [6, 6.07) is 3.52. The maximum Gasteiger partial charge on any atom is 0.433 e. The molecule has 0 aromatic carbocycles. The number of halogens is 6. The molecule has 0 saturated carbocycles. The van der Waals surface area contributed by atoms with Gasteiger partial charge < -0.3 is 0 Å². The van der Waals surface area contributed by atoms with Gasteiger partial charge in [0.05, 0.1) is 12.4 Å². The van der Waals surface area contributed by atoms with Crippen LogP contribution >= 0.6 is 0 Å². The van der Waals surface area contributed by atoms with E-state index in [1.54, 1.807) is 0 Å². The Morgan fingerprint density at radius 1 is 0.636 bits per heavy atom. The van der Waals surface area contributed by atoms with E-state index in [2.05, 4.69) is 20.2 Å². The Hall–Kier alpha value is -2.52. The monoisotopic (exact) mass is 320 g/mol. The molecule has 0 bridgehead atoms. The van der Waals surface area contributed by atoms with Gasteiger partial charge in [0.2, 0.25) is 0 Å². The topological polar surface area (TPSA) is 50.5 Å². The Balaban J connectivity index is 2.12. The standard InChI is InChI=1S/C12H6F6N4/c13-11(14,15)9-3-1-7(5-19-9)21-22-8-2-4-10(20-6-8)12(16,17)18/h1-6H. The summed E-state index contributed by atoms with van der Waals surface area (Å²) in [4.78, 5) is 6.33. The number of azo groups is 1. The Bertz CT molecular complexity index is 599. The molecule has 0 atom stereocenters. The number of pyridine rings is 2. The van der Waals surface area contributed by atoms with Gasteiger partial charge in [-0.1, -0.05) is 0 Å². The SMILES string of the molecule is FC(F)(F)c1ccc(N=Nc2ccc(C(F)(F)F)nc2)cn1. The summed E-state index contributed by atoms with van der Waals surface area (Å²) in [5, 5.41) is 7.13. The zero-order valence-corrected chi connectivity index (χ0v) is 10.5. The van der Waals surface area contributed by atoms with Crippen LogP contribution in [0.3, 0.4) is 0 Å². The highest BCUT2D eigenvalue weighted by Gasteiger charge is 2.32. The summed E-state index contributed by atoms with van der Waals surface area (Å²) in [6.07, 6.45) is -7.42. The lowest BCUT2D eigenvalue weighted by Gasteiger charge is -2.04. The van der Waals surface area contributed by atoms with Crippen LogP contribution in [0.1, 0.15) is 11.4 Å². The molecule has 0 saturated heterocycles. The first kappa shape index (κ1) is 15.9. The van der Waals surface area contributed by atoms with Crippen LogP contribution < -0.4 is 0 Å². The first-order valence-electron chi connectivity index (χ1n) is 5.64. The Morgan fingerprint density at radius 2 is 1.00 bits per heavy atom. The van der Waals surface area contributed by atoms with E-state index >= 15 is 0 Å². The molecule has 0 fully saturated rings. The normalized spacial score (nSPS) is 12.8. The van der Waals surface area contributed by atoms with Crippen LogP contribution in [-0.4, -0.2) is 9.97 Å². The van der Waals surface area contributed by atoms with E-state index in [4.69, 9.17) is 0 Å². The predicted octanol–water partition coefficient (Wildman–Crippen LogP) is 4.93. The second-order valence-corrected chi connectivity index (χ2v) is 4.00. The molecule has 10 heteroatoms. The summed E-state index contributed by atoms with van der Waals surface area (Å²) < 4.78 is 73.7. The lowest BCUT2D eigenvalue weighted by Crippen LogP contribution is -2.06. The van der Waals surface area contributed by atoms with E-state index in [9.17, 15) is 26.3 Å². The molecule has 0 aliphatic carbocycles. The molecule has 0 aliphatic rings. The summed E-state index contributed by atoms with van der Waals surface area (Å²) in [5.74, 6) is 0. The number of nitrogens with zero attached hydrogens (tertiary/aromatic N) is 4. The minimum atomic E-state index is -4.56. The molecule has 22 heavy (non-hydrogen) atoms. The minimum absolute atomic E-state index is 0.0212. The Labute approximate surface area is 119 Å². The Morgan fingerprint density at radius 3 is 1.23 bits per heavy atom. The van der Waals surface area contributed by atoms with Gasteiger partial charge in [0, 0.05) is 0 Å². The van der Waals surface area contributed by atoms with Crippen LogP contribution in [0, 0.1) is 0 Å². The van der Waals surface area contributed by atoms with Crippen molar-refractivity contribution in [1.82, 2.24) is 9.97 Å². The molecule has 0 N–H and O–H groups in total. The molecule has 0 spiro atoms. The van der Waals surface area contributed by atoms with E-state index < -0.39 is 23.7 Å². The minimum Gasteiger partial charge on any atom is -0.249 e. The van der Waals surface area contributed by atoms with Gasteiger partial charge in [0.1, 0.15) is 22.8 Å². The fourth-order valence-corrected chi connectivity index (χ4v) is 1.34. The third-order valence-electron chi connectivity index (χ3n) is 2.36. The van der Waals surface area contributed by atoms with Gasteiger partial charge in [-0.2, -0.15) is 26.3 Å². The van der Waals surface area contributed by atoms with Crippen molar-refractivity contribution >= 4 is 11.4 Å². The summed E-state index contributed by atoms with van der Waals surface area (Å²) in [6.45, 7) is 0. The van der Waals surface area contributed by atoms with Crippen molar-refractivity contribution in [3.8, 4) is 0 Å². The van der Waals surface area contributed by atoms with Crippen molar-refractivity contribution in [1.29, 1.82) is 0 Å². The molecule has 2 aromatic heterocycles. The molecule has 0 amide bonds. The fourth-order valence-electron chi connectivity index (χ4n) is 1.34. The molecule has 116 valence electrons. The van der Waals surface area contributed by atoms with Gasteiger partial charge in [0.25, 0.3) is 0 Å². The lowest BCUT2D eigenvalue weighted by molar-refractivity contribution is -0.141. The van der Waals surface area contributed by atoms with Crippen LogP contribution in [-0.2, 0) is 12.4 Å². The maximum absolute atomic E-state index is 12.3. The smallest absolute Gasteiger partial charge is 0.249 e.